The number of hydrogen-bond acceptors (Lipinski definition) is 3. The molecule has 0 saturated heterocycles. The highest BCUT2D eigenvalue weighted by atomic mass is 32.1. The molecule has 11 heavy (non-hydrogen) atoms. The van der Waals surface area contributed by atoms with E-state index in [0.717, 1.165) is 38.5 Å². The van der Waals surface area contributed by atoms with Crippen molar-refractivity contribution in [1.82, 2.24) is 4.90 Å². The van der Waals surface area contributed by atoms with Gasteiger partial charge in [0.25, 0.3) is 0 Å². The zero-order chi connectivity index (χ0) is 8.53. The van der Waals surface area contributed by atoms with Crippen LogP contribution in [-0.2, 0) is 4.74 Å². The molecule has 3 heteroatoms. The Hall–Kier alpha value is 0.270. The van der Waals surface area contributed by atoms with E-state index < -0.39 is 0 Å². The van der Waals surface area contributed by atoms with Crippen molar-refractivity contribution in [1.29, 1.82) is 0 Å². The maximum absolute atomic E-state index is 5.36. The highest BCUT2D eigenvalue weighted by Gasteiger charge is 1.92. The summed E-state index contributed by atoms with van der Waals surface area (Å²) in [6, 6.07) is 0. The van der Waals surface area contributed by atoms with Gasteiger partial charge in [0, 0.05) is 13.2 Å². The van der Waals surface area contributed by atoms with Crippen molar-refractivity contribution in [2.24, 2.45) is 0 Å². The smallest absolute Gasteiger partial charge is 0.0593 e. The van der Waals surface area contributed by atoms with Gasteiger partial charge in [0.15, 0.2) is 0 Å². The predicted molar refractivity (Wildman–Crippen MR) is 52.5 cm³/mol. The Morgan fingerprint density at radius 2 is 2.09 bits per heavy atom. The molecule has 0 atom stereocenters. The molecular weight excluding hydrogens is 158 g/mol. The Morgan fingerprint density at radius 1 is 1.36 bits per heavy atom. The lowest BCUT2D eigenvalue weighted by Gasteiger charge is -2.13. The second-order valence-corrected chi connectivity index (χ2v) is 3.03. The zero-order valence-corrected chi connectivity index (χ0v) is 8.44. The van der Waals surface area contributed by atoms with Crippen molar-refractivity contribution < 1.29 is 4.74 Å². The third-order valence-electron chi connectivity index (χ3n) is 1.60. The molecule has 0 fully saturated rings. The molecule has 0 rings (SSSR count). The summed E-state index contributed by atoms with van der Waals surface area (Å²) in [5.74, 6) is 0.920. The molecule has 0 aliphatic heterocycles. The molecule has 0 saturated carbocycles. The van der Waals surface area contributed by atoms with Crippen LogP contribution >= 0.6 is 12.6 Å². The minimum Gasteiger partial charge on any atom is -0.380 e. The van der Waals surface area contributed by atoms with Crippen LogP contribution < -0.4 is 0 Å². The van der Waals surface area contributed by atoms with Crippen LogP contribution in [0.25, 0.3) is 0 Å². The Kier molecular flexibility index (Phi) is 8.57. The first-order chi connectivity index (χ1) is 5.31. The van der Waals surface area contributed by atoms with E-state index in [0.29, 0.717) is 0 Å². The Labute approximate surface area is 75.3 Å². The van der Waals surface area contributed by atoms with Crippen molar-refractivity contribution in [2.45, 2.75) is 13.3 Å². The van der Waals surface area contributed by atoms with Crippen LogP contribution in [0.15, 0.2) is 0 Å². The summed E-state index contributed by atoms with van der Waals surface area (Å²) >= 11 is 4.09. The molecule has 0 aromatic heterocycles. The number of hydrogen-bond donors (Lipinski definition) is 1. The average molecular weight is 177 g/mol. The topological polar surface area (TPSA) is 12.5 Å². The van der Waals surface area contributed by atoms with Crippen LogP contribution in [-0.4, -0.2) is 44.0 Å². The van der Waals surface area contributed by atoms with Gasteiger partial charge in [-0.2, -0.15) is 12.6 Å². The largest absolute Gasteiger partial charge is 0.380 e. The lowest BCUT2D eigenvalue weighted by atomic mass is 10.5. The zero-order valence-electron chi connectivity index (χ0n) is 7.55. The maximum atomic E-state index is 5.36. The van der Waals surface area contributed by atoms with E-state index in [9.17, 15) is 0 Å². The molecule has 0 N–H and O–H groups in total. The molecule has 0 aromatic rings. The first-order valence-electron chi connectivity index (χ1n) is 4.18. The van der Waals surface area contributed by atoms with Gasteiger partial charge in [0.05, 0.1) is 6.61 Å². The molecule has 0 aliphatic rings. The van der Waals surface area contributed by atoms with Gasteiger partial charge in [-0.05, 0) is 25.8 Å². The molecule has 0 radical (unpaired) electrons. The van der Waals surface area contributed by atoms with Gasteiger partial charge in [0.1, 0.15) is 0 Å². The van der Waals surface area contributed by atoms with Crippen LogP contribution in [0.2, 0.25) is 0 Å². The van der Waals surface area contributed by atoms with Crippen LogP contribution in [0.5, 0.6) is 0 Å². The van der Waals surface area contributed by atoms with E-state index in [-0.39, 0.29) is 0 Å². The first kappa shape index (κ1) is 11.3. The molecule has 0 bridgehead atoms. The second kappa shape index (κ2) is 8.37. The molecule has 2 nitrogen and oxygen atoms in total. The van der Waals surface area contributed by atoms with Crippen molar-refractivity contribution in [3.8, 4) is 0 Å². The van der Waals surface area contributed by atoms with Gasteiger partial charge in [-0.25, -0.2) is 0 Å². The Bertz CT molecular complexity index is 80.5. The maximum Gasteiger partial charge on any atom is 0.0593 e. The number of likely N-dealkylation sites (N-methyl/N-ethyl adjacent to an activating group) is 1. The van der Waals surface area contributed by atoms with E-state index in [1.54, 1.807) is 0 Å². The van der Waals surface area contributed by atoms with Crippen molar-refractivity contribution >= 4 is 12.6 Å². The number of ether oxygens (including phenoxy) is 1. The molecule has 0 unspecified atom stereocenters. The van der Waals surface area contributed by atoms with Gasteiger partial charge in [-0.15, -0.1) is 0 Å². The molecule has 0 aromatic carbocycles. The second-order valence-electron chi connectivity index (χ2n) is 2.59. The van der Waals surface area contributed by atoms with Gasteiger partial charge in [-0.3, -0.25) is 0 Å². The van der Waals surface area contributed by atoms with E-state index in [1.165, 1.54) is 0 Å². The van der Waals surface area contributed by atoms with Crippen molar-refractivity contribution in [2.75, 3.05) is 39.1 Å². The molecule has 0 aliphatic carbocycles. The Morgan fingerprint density at radius 3 is 2.64 bits per heavy atom. The van der Waals surface area contributed by atoms with Crippen LogP contribution in [0.1, 0.15) is 13.3 Å². The Balaban J connectivity index is 2.89. The third kappa shape index (κ3) is 8.17. The van der Waals surface area contributed by atoms with E-state index in [1.807, 2.05) is 0 Å². The van der Waals surface area contributed by atoms with Crippen molar-refractivity contribution in [3.63, 3.8) is 0 Å². The summed E-state index contributed by atoms with van der Waals surface area (Å²) in [4.78, 5) is 2.24. The molecule has 0 amide bonds. The van der Waals surface area contributed by atoms with Gasteiger partial charge in [-0.1, -0.05) is 6.92 Å². The molecule has 68 valence electrons. The van der Waals surface area contributed by atoms with Gasteiger partial charge < -0.3 is 9.64 Å². The SMILES string of the molecule is CCN(C)CCOCCCS. The monoisotopic (exact) mass is 177 g/mol. The lowest BCUT2D eigenvalue weighted by Crippen LogP contribution is -2.22. The summed E-state index contributed by atoms with van der Waals surface area (Å²) in [5, 5.41) is 0. The normalized spacial score (nSPS) is 10.9. The highest BCUT2D eigenvalue weighted by molar-refractivity contribution is 7.80. The van der Waals surface area contributed by atoms with Crippen LogP contribution in [0, 0.1) is 0 Å². The quantitative estimate of drug-likeness (QED) is 0.464. The van der Waals surface area contributed by atoms with E-state index in [4.69, 9.17) is 4.74 Å². The van der Waals surface area contributed by atoms with Gasteiger partial charge >= 0.3 is 0 Å². The minimum absolute atomic E-state index is 0.845. The fourth-order valence-electron chi connectivity index (χ4n) is 0.647. The fraction of sp³-hybridized carbons (Fsp3) is 1.00. The summed E-state index contributed by atoms with van der Waals surface area (Å²) < 4.78 is 5.36. The molecular formula is C8H19NOS. The van der Waals surface area contributed by atoms with Crippen LogP contribution in [0.3, 0.4) is 0 Å². The van der Waals surface area contributed by atoms with E-state index >= 15 is 0 Å². The molecule has 0 spiro atoms. The number of rotatable bonds is 7. The highest BCUT2D eigenvalue weighted by Crippen LogP contribution is 1.87. The first-order valence-corrected chi connectivity index (χ1v) is 4.81. The average Bonchev–Trinajstić information content (AvgIpc) is 2.04. The summed E-state index contributed by atoms with van der Waals surface area (Å²) in [7, 11) is 2.10. The van der Waals surface area contributed by atoms with Crippen molar-refractivity contribution in [3.05, 3.63) is 0 Å². The van der Waals surface area contributed by atoms with Crippen LogP contribution in [0.4, 0.5) is 0 Å². The third-order valence-corrected chi connectivity index (χ3v) is 1.92. The fourth-order valence-corrected chi connectivity index (χ4v) is 0.776. The van der Waals surface area contributed by atoms with E-state index in [2.05, 4.69) is 31.5 Å². The molecule has 0 heterocycles. The summed E-state index contributed by atoms with van der Waals surface area (Å²) in [6.07, 6.45) is 1.05. The number of thiol groups is 1. The predicted octanol–water partition coefficient (Wildman–Crippen LogP) is 1.27. The summed E-state index contributed by atoms with van der Waals surface area (Å²) in [6.45, 7) is 5.96. The van der Waals surface area contributed by atoms with Gasteiger partial charge in [0.2, 0.25) is 0 Å². The standard InChI is InChI=1S/C8H19NOS/c1-3-9(2)5-7-10-6-4-8-11/h11H,3-8H2,1-2H3. The minimum atomic E-state index is 0.845. The number of nitrogens with zero attached hydrogens (tertiary/aromatic N) is 1. The summed E-state index contributed by atoms with van der Waals surface area (Å²) in [5.41, 5.74) is 0. The lowest BCUT2D eigenvalue weighted by molar-refractivity contribution is 0.114.